The van der Waals surface area contributed by atoms with Crippen LogP contribution in [0.3, 0.4) is 0 Å². The third-order valence-corrected chi connectivity index (χ3v) is 6.69. The molecule has 5 nitrogen and oxygen atoms in total. The number of carbonyl (C=O) groups excluding carboxylic acids is 1. The first-order valence-electron chi connectivity index (χ1n) is 8.05. The molecule has 2 unspecified atom stereocenters. The molecule has 140 valence electrons. The quantitative estimate of drug-likeness (QED) is 0.405. The summed E-state index contributed by atoms with van der Waals surface area (Å²) in [5.41, 5.74) is 6.46. The number of fused-ring (bicyclic) bond motifs is 1. The molecule has 0 aliphatic rings. The van der Waals surface area contributed by atoms with Crippen LogP contribution in [0.2, 0.25) is 5.02 Å². The van der Waals surface area contributed by atoms with Gasteiger partial charge >= 0.3 is 0 Å². The summed E-state index contributed by atoms with van der Waals surface area (Å²) < 4.78 is 13.4. The zero-order chi connectivity index (χ0) is 19.6. The third kappa shape index (κ3) is 4.60. The maximum Gasteiger partial charge on any atom is 0.241 e. The first-order valence-corrected chi connectivity index (χ1v) is 11.5. The topological polar surface area (TPSA) is 92.4 Å². The van der Waals surface area contributed by atoms with E-state index in [9.17, 15) is 14.3 Å². The van der Waals surface area contributed by atoms with Crippen LogP contribution in [0, 0.1) is 0 Å². The van der Waals surface area contributed by atoms with Crippen molar-refractivity contribution in [3.05, 3.63) is 70.2 Å². The molecule has 3 rings (SSSR count). The van der Waals surface area contributed by atoms with Gasteiger partial charge in [0.1, 0.15) is 5.66 Å². The zero-order valence-electron chi connectivity index (χ0n) is 14.4. The van der Waals surface area contributed by atoms with E-state index in [0.29, 0.717) is 21.7 Å². The highest BCUT2D eigenvalue weighted by Gasteiger charge is 2.36. The minimum atomic E-state index is -3.76. The number of amides is 1. The van der Waals surface area contributed by atoms with E-state index < -0.39 is 18.9 Å². The van der Waals surface area contributed by atoms with Crippen LogP contribution in [0.4, 0.5) is 5.69 Å². The van der Waals surface area contributed by atoms with Crippen molar-refractivity contribution in [3.8, 4) is 0 Å². The van der Waals surface area contributed by atoms with Crippen molar-refractivity contribution in [2.75, 3.05) is 12.4 Å². The van der Waals surface area contributed by atoms with Crippen molar-refractivity contribution in [2.24, 2.45) is 0 Å². The van der Waals surface area contributed by atoms with Crippen LogP contribution >= 0.6 is 30.3 Å². The number of nitrogen functional groups attached to an aromatic ring is 1. The van der Waals surface area contributed by atoms with E-state index in [4.69, 9.17) is 17.3 Å². The van der Waals surface area contributed by atoms with Gasteiger partial charge in [0.15, 0.2) is 0 Å². The van der Waals surface area contributed by atoms with Gasteiger partial charge in [-0.15, -0.1) is 11.3 Å². The summed E-state index contributed by atoms with van der Waals surface area (Å²) in [7, 11) is -3.76. The van der Waals surface area contributed by atoms with Gasteiger partial charge in [0.05, 0.1) is 0 Å². The van der Waals surface area contributed by atoms with Crippen molar-refractivity contribution >= 4 is 58.1 Å². The van der Waals surface area contributed by atoms with Crippen LogP contribution < -0.4 is 11.1 Å². The van der Waals surface area contributed by atoms with Crippen molar-refractivity contribution in [1.29, 1.82) is 0 Å². The van der Waals surface area contributed by atoms with Crippen molar-refractivity contribution in [3.63, 3.8) is 0 Å². The number of halogens is 1. The van der Waals surface area contributed by atoms with Crippen LogP contribution in [-0.4, -0.2) is 17.5 Å². The van der Waals surface area contributed by atoms with E-state index in [-0.39, 0.29) is 0 Å². The van der Waals surface area contributed by atoms with Gasteiger partial charge in [0.2, 0.25) is 13.3 Å². The Morgan fingerprint density at radius 3 is 2.81 bits per heavy atom. The van der Waals surface area contributed by atoms with E-state index in [1.165, 1.54) is 24.2 Å². The van der Waals surface area contributed by atoms with Gasteiger partial charge in [-0.2, -0.15) is 0 Å². The second-order valence-electron chi connectivity index (χ2n) is 6.19. The van der Waals surface area contributed by atoms with Crippen molar-refractivity contribution < 1.29 is 14.3 Å². The summed E-state index contributed by atoms with van der Waals surface area (Å²) in [5.74, 6) is -0.553. The molecule has 0 spiro atoms. The SMILES string of the molecule is CP(=O)(O)C(C(=O)NC=Cc1cccc(N)c1)c1csc2ccc(Cl)cc12. The molecular formula is C19H18ClN2O3PS. The van der Waals surface area contributed by atoms with E-state index >= 15 is 0 Å². The molecule has 27 heavy (non-hydrogen) atoms. The Morgan fingerprint density at radius 2 is 2.11 bits per heavy atom. The maximum atomic E-state index is 12.7. The monoisotopic (exact) mass is 420 g/mol. The van der Waals surface area contributed by atoms with Gasteiger partial charge in [-0.05, 0) is 58.3 Å². The normalized spacial score (nSPS) is 14.9. The van der Waals surface area contributed by atoms with E-state index in [1.807, 2.05) is 12.1 Å². The number of rotatable bonds is 5. The fraction of sp³-hybridized carbons (Fsp3) is 0.105. The Morgan fingerprint density at radius 1 is 1.33 bits per heavy atom. The first-order chi connectivity index (χ1) is 12.8. The fourth-order valence-electron chi connectivity index (χ4n) is 2.81. The van der Waals surface area contributed by atoms with Gasteiger partial charge in [0.25, 0.3) is 0 Å². The van der Waals surface area contributed by atoms with Crippen LogP contribution in [0.5, 0.6) is 0 Å². The average Bonchev–Trinajstić information content (AvgIpc) is 2.96. The number of anilines is 1. The predicted molar refractivity (Wildman–Crippen MR) is 113 cm³/mol. The predicted octanol–water partition coefficient (Wildman–Crippen LogP) is 4.87. The number of thiophene rings is 1. The van der Waals surface area contributed by atoms with E-state index in [1.54, 1.807) is 41.8 Å². The summed E-state index contributed by atoms with van der Waals surface area (Å²) in [4.78, 5) is 23.0. The molecule has 8 heteroatoms. The number of nitrogens with two attached hydrogens (primary N) is 1. The highest BCUT2D eigenvalue weighted by molar-refractivity contribution is 7.58. The highest BCUT2D eigenvalue weighted by Crippen LogP contribution is 2.54. The van der Waals surface area contributed by atoms with Gasteiger partial charge in [-0.25, -0.2) is 0 Å². The van der Waals surface area contributed by atoms with Crippen LogP contribution in [-0.2, 0) is 9.36 Å². The lowest BCUT2D eigenvalue weighted by Crippen LogP contribution is -2.25. The smallest absolute Gasteiger partial charge is 0.241 e. The molecule has 3 aromatic rings. The molecule has 0 bridgehead atoms. The van der Waals surface area contributed by atoms with Crippen LogP contribution in [0.1, 0.15) is 16.8 Å². The van der Waals surface area contributed by atoms with Crippen molar-refractivity contribution in [1.82, 2.24) is 5.32 Å². The van der Waals surface area contributed by atoms with Crippen molar-refractivity contribution in [2.45, 2.75) is 5.66 Å². The maximum absolute atomic E-state index is 12.7. The lowest BCUT2D eigenvalue weighted by Gasteiger charge is -2.18. The Bertz CT molecular complexity index is 1070. The molecule has 0 fully saturated rings. The number of carbonyl (C=O) groups is 1. The highest BCUT2D eigenvalue weighted by atomic mass is 35.5. The summed E-state index contributed by atoms with van der Waals surface area (Å²) in [5, 5.41) is 5.56. The molecule has 0 saturated carbocycles. The first kappa shape index (κ1) is 19.6. The van der Waals surface area contributed by atoms with Gasteiger partial charge in [-0.1, -0.05) is 23.7 Å². The Kier molecular flexibility index (Phi) is 5.72. The van der Waals surface area contributed by atoms with Gasteiger partial charge in [-0.3, -0.25) is 9.36 Å². The molecule has 1 amide bonds. The second-order valence-corrected chi connectivity index (χ2v) is 9.94. The second kappa shape index (κ2) is 7.87. The molecule has 2 atom stereocenters. The lowest BCUT2D eigenvalue weighted by molar-refractivity contribution is -0.120. The van der Waals surface area contributed by atoms with Gasteiger partial charge < -0.3 is 15.9 Å². The molecule has 1 aromatic heterocycles. The minimum absolute atomic E-state index is 0.501. The Labute approximate surface area is 165 Å². The molecular weight excluding hydrogens is 403 g/mol. The van der Waals surface area contributed by atoms with E-state index in [2.05, 4.69) is 5.32 Å². The molecule has 0 aliphatic heterocycles. The van der Waals surface area contributed by atoms with E-state index in [0.717, 1.165) is 10.3 Å². The number of benzene rings is 2. The van der Waals surface area contributed by atoms with Crippen LogP contribution in [0.15, 0.2) is 54.0 Å². The summed E-state index contributed by atoms with van der Waals surface area (Å²) >= 11 is 7.47. The average molecular weight is 421 g/mol. The standard InChI is InChI=1S/C19H18ClN2O3PS/c1-26(24,25)18(16-11-27-17-6-5-13(20)10-15(16)17)19(23)22-8-7-12-3-2-4-14(21)9-12/h2-11,18H,21H2,1H3,(H,22,23)(H,24,25). The van der Waals surface area contributed by atoms with Gasteiger partial charge in [0, 0.05) is 28.3 Å². The third-order valence-electron chi connectivity index (χ3n) is 4.00. The minimum Gasteiger partial charge on any atom is -0.399 e. The fourth-order valence-corrected chi connectivity index (χ4v) is 5.29. The molecule has 1 heterocycles. The molecule has 0 saturated heterocycles. The summed E-state index contributed by atoms with van der Waals surface area (Å²) in [6.07, 6.45) is 3.12. The summed E-state index contributed by atoms with van der Waals surface area (Å²) in [6, 6.07) is 12.4. The van der Waals surface area contributed by atoms with Crippen LogP contribution in [0.25, 0.3) is 16.2 Å². The number of nitrogens with one attached hydrogen (secondary N) is 1. The number of hydrogen-bond acceptors (Lipinski definition) is 4. The Balaban J connectivity index is 1.89. The molecule has 2 aromatic carbocycles. The molecule has 0 radical (unpaired) electrons. The summed E-state index contributed by atoms with van der Waals surface area (Å²) in [6.45, 7) is 1.19. The largest absolute Gasteiger partial charge is 0.399 e. The molecule has 0 aliphatic carbocycles. The Hall–Kier alpha value is -2.11. The number of hydrogen-bond donors (Lipinski definition) is 3. The molecule has 4 N–H and O–H groups in total. The zero-order valence-corrected chi connectivity index (χ0v) is 16.9. The lowest BCUT2D eigenvalue weighted by atomic mass is 10.1.